The van der Waals surface area contributed by atoms with Gasteiger partial charge in [-0.1, -0.05) is 6.58 Å². The monoisotopic (exact) mass is 187 g/mol. The van der Waals surface area contributed by atoms with Crippen LogP contribution in [0.15, 0.2) is 12.2 Å². The van der Waals surface area contributed by atoms with Gasteiger partial charge in [0.1, 0.15) is 0 Å². The highest BCUT2D eigenvalue weighted by Gasteiger charge is 2.05. The number of aliphatic hydroxyl groups is 1. The minimum atomic E-state index is -0.362. The lowest BCUT2D eigenvalue weighted by molar-refractivity contribution is -0.138. The summed E-state index contributed by atoms with van der Waals surface area (Å²) in [6.45, 7) is 6.94. The maximum absolute atomic E-state index is 11.0. The van der Waals surface area contributed by atoms with Crippen LogP contribution in [0.1, 0.15) is 13.3 Å². The molecule has 13 heavy (non-hydrogen) atoms. The Balaban J connectivity index is 3.44. The highest BCUT2D eigenvalue weighted by Crippen LogP contribution is 1.92. The number of rotatable bonds is 7. The summed E-state index contributed by atoms with van der Waals surface area (Å²) in [6.07, 6.45) is 0.677. The Morgan fingerprint density at radius 2 is 2.31 bits per heavy atom. The first-order valence-electron chi connectivity index (χ1n) is 4.38. The largest absolute Gasteiger partial charge is 0.463 e. The van der Waals surface area contributed by atoms with E-state index in [9.17, 15) is 4.79 Å². The van der Waals surface area contributed by atoms with Crippen LogP contribution in [-0.4, -0.2) is 37.4 Å². The fourth-order valence-corrected chi connectivity index (χ4v) is 0.749. The smallest absolute Gasteiger partial charge is 0.334 e. The fraction of sp³-hybridized carbons (Fsp3) is 0.667. The van der Waals surface area contributed by atoms with Crippen LogP contribution in [0.4, 0.5) is 0 Å². The summed E-state index contributed by atoms with van der Waals surface area (Å²) in [4.78, 5) is 11.0. The second-order valence-electron chi connectivity index (χ2n) is 2.58. The first kappa shape index (κ1) is 12.1. The zero-order valence-corrected chi connectivity index (χ0v) is 8.01. The molecule has 4 nitrogen and oxygen atoms in total. The molecule has 0 spiro atoms. The van der Waals surface area contributed by atoms with E-state index < -0.39 is 0 Å². The molecule has 76 valence electrons. The molecule has 0 unspecified atom stereocenters. The van der Waals surface area contributed by atoms with Crippen LogP contribution in [-0.2, 0) is 9.53 Å². The van der Waals surface area contributed by atoms with Gasteiger partial charge in [0.05, 0.1) is 6.61 Å². The van der Waals surface area contributed by atoms with E-state index in [1.807, 2.05) is 0 Å². The number of carbonyl (C=O) groups excluding carboxylic acids is 1. The van der Waals surface area contributed by atoms with Crippen LogP contribution in [0.5, 0.6) is 0 Å². The second kappa shape index (κ2) is 7.76. The van der Waals surface area contributed by atoms with Crippen molar-refractivity contribution in [3.05, 3.63) is 12.2 Å². The standard InChI is InChI=1S/C9H17NO3/c1-3-13-9(12)8(2)7-10-5-4-6-11/h10-11H,2-7H2,1H3. The lowest BCUT2D eigenvalue weighted by Crippen LogP contribution is -2.23. The minimum Gasteiger partial charge on any atom is -0.463 e. The Labute approximate surface area is 78.6 Å². The van der Waals surface area contributed by atoms with Gasteiger partial charge in [-0.05, 0) is 19.9 Å². The molecule has 0 saturated carbocycles. The molecule has 0 bridgehead atoms. The Hall–Kier alpha value is -0.870. The van der Waals surface area contributed by atoms with Crippen LogP contribution in [0, 0.1) is 0 Å². The van der Waals surface area contributed by atoms with Crippen molar-refractivity contribution in [3.63, 3.8) is 0 Å². The zero-order chi connectivity index (χ0) is 10.1. The normalized spacial score (nSPS) is 9.69. The molecule has 0 atom stereocenters. The van der Waals surface area contributed by atoms with E-state index in [4.69, 9.17) is 9.84 Å². The maximum atomic E-state index is 11.0. The van der Waals surface area contributed by atoms with Gasteiger partial charge in [0, 0.05) is 18.7 Å². The van der Waals surface area contributed by atoms with E-state index in [2.05, 4.69) is 11.9 Å². The Morgan fingerprint density at radius 1 is 1.62 bits per heavy atom. The van der Waals surface area contributed by atoms with Gasteiger partial charge >= 0.3 is 5.97 Å². The minimum absolute atomic E-state index is 0.152. The van der Waals surface area contributed by atoms with E-state index in [0.717, 1.165) is 0 Å². The van der Waals surface area contributed by atoms with Crippen molar-refractivity contribution < 1.29 is 14.6 Å². The predicted molar refractivity (Wildman–Crippen MR) is 50.3 cm³/mol. The van der Waals surface area contributed by atoms with E-state index >= 15 is 0 Å². The third-order valence-electron chi connectivity index (χ3n) is 1.41. The predicted octanol–water partition coefficient (Wildman–Crippen LogP) is 0.0777. The molecule has 0 aliphatic rings. The topological polar surface area (TPSA) is 58.6 Å². The molecule has 0 aromatic carbocycles. The summed E-state index contributed by atoms with van der Waals surface area (Å²) in [7, 11) is 0. The van der Waals surface area contributed by atoms with Crippen molar-refractivity contribution in [2.75, 3.05) is 26.3 Å². The fourth-order valence-electron chi connectivity index (χ4n) is 0.749. The quantitative estimate of drug-likeness (QED) is 0.336. The summed E-state index contributed by atoms with van der Waals surface area (Å²) in [5.41, 5.74) is 0.416. The molecule has 0 radical (unpaired) electrons. The summed E-state index contributed by atoms with van der Waals surface area (Å²) in [5.74, 6) is -0.362. The lowest BCUT2D eigenvalue weighted by atomic mass is 10.3. The number of ether oxygens (including phenoxy) is 1. The number of esters is 1. The first-order chi connectivity index (χ1) is 6.22. The Kier molecular flexibility index (Phi) is 7.24. The molecule has 0 heterocycles. The van der Waals surface area contributed by atoms with Crippen LogP contribution in [0.25, 0.3) is 0 Å². The van der Waals surface area contributed by atoms with Gasteiger partial charge in [-0.25, -0.2) is 4.79 Å². The molecule has 0 amide bonds. The summed E-state index contributed by atoms with van der Waals surface area (Å²) < 4.78 is 4.73. The van der Waals surface area contributed by atoms with E-state index in [-0.39, 0.29) is 12.6 Å². The van der Waals surface area contributed by atoms with Crippen molar-refractivity contribution in [2.45, 2.75) is 13.3 Å². The second-order valence-corrected chi connectivity index (χ2v) is 2.58. The Morgan fingerprint density at radius 3 is 2.85 bits per heavy atom. The van der Waals surface area contributed by atoms with Crippen molar-refractivity contribution in [2.24, 2.45) is 0 Å². The average Bonchev–Trinajstić information content (AvgIpc) is 2.12. The molecule has 0 aromatic rings. The molecule has 0 rings (SSSR count). The van der Waals surface area contributed by atoms with Gasteiger partial charge in [0.15, 0.2) is 0 Å². The van der Waals surface area contributed by atoms with Crippen molar-refractivity contribution in [3.8, 4) is 0 Å². The third-order valence-corrected chi connectivity index (χ3v) is 1.41. The number of hydrogen-bond acceptors (Lipinski definition) is 4. The first-order valence-corrected chi connectivity index (χ1v) is 4.38. The van der Waals surface area contributed by atoms with Gasteiger partial charge in [-0.3, -0.25) is 0 Å². The van der Waals surface area contributed by atoms with Crippen molar-refractivity contribution in [1.82, 2.24) is 5.32 Å². The highest BCUT2D eigenvalue weighted by atomic mass is 16.5. The molecular weight excluding hydrogens is 170 g/mol. The maximum Gasteiger partial charge on any atom is 0.334 e. The molecule has 0 aliphatic carbocycles. The molecule has 0 aliphatic heterocycles. The zero-order valence-electron chi connectivity index (χ0n) is 8.01. The van der Waals surface area contributed by atoms with Crippen LogP contribution < -0.4 is 5.32 Å². The Bertz CT molecular complexity index is 168. The van der Waals surface area contributed by atoms with Gasteiger partial charge < -0.3 is 15.2 Å². The van der Waals surface area contributed by atoms with Crippen LogP contribution in [0.2, 0.25) is 0 Å². The summed E-state index contributed by atoms with van der Waals surface area (Å²) in [6, 6.07) is 0. The van der Waals surface area contributed by atoms with Gasteiger partial charge in [-0.2, -0.15) is 0 Å². The number of hydrogen-bond donors (Lipinski definition) is 2. The lowest BCUT2D eigenvalue weighted by Gasteiger charge is -2.05. The number of aliphatic hydroxyl groups excluding tert-OH is 1. The SMILES string of the molecule is C=C(CNCCCO)C(=O)OCC. The van der Waals surface area contributed by atoms with Crippen LogP contribution >= 0.6 is 0 Å². The summed E-state index contributed by atoms with van der Waals surface area (Å²) in [5, 5.41) is 11.4. The van der Waals surface area contributed by atoms with E-state index in [1.54, 1.807) is 6.92 Å². The molecular formula is C9H17NO3. The average molecular weight is 187 g/mol. The summed E-state index contributed by atoms with van der Waals surface area (Å²) >= 11 is 0. The molecule has 2 N–H and O–H groups in total. The number of carbonyl (C=O) groups is 1. The van der Waals surface area contributed by atoms with Crippen LogP contribution in [0.3, 0.4) is 0 Å². The number of nitrogens with one attached hydrogen (secondary N) is 1. The van der Waals surface area contributed by atoms with Gasteiger partial charge in [-0.15, -0.1) is 0 Å². The molecule has 0 saturated heterocycles. The van der Waals surface area contributed by atoms with E-state index in [1.165, 1.54) is 0 Å². The third kappa shape index (κ3) is 6.31. The van der Waals surface area contributed by atoms with Gasteiger partial charge in [0.2, 0.25) is 0 Å². The van der Waals surface area contributed by atoms with Crippen molar-refractivity contribution in [1.29, 1.82) is 0 Å². The molecule has 4 heteroatoms. The molecule has 0 fully saturated rings. The highest BCUT2D eigenvalue weighted by molar-refractivity contribution is 5.88. The van der Waals surface area contributed by atoms with E-state index in [0.29, 0.717) is 31.7 Å². The van der Waals surface area contributed by atoms with Gasteiger partial charge in [0.25, 0.3) is 0 Å². The van der Waals surface area contributed by atoms with Crippen molar-refractivity contribution >= 4 is 5.97 Å². The molecule has 0 aromatic heterocycles.